The second kappa shape index (κ2) is 7.52. The molecule has 1 aliphatic heterocycles. The fourth-order valence-electron chi connectivity index (χ4n) is 3.59. The Balaban J connectivity index is 1.70. The molecule has 3 aromatic rings. The highest BCUT2D eigenvalue weighted by atomic mass is 32.1. The van der Waals surface area contributed by atoms with Crippen LogP contribution in [0.2, 0.25) is 0 Å². The first-order valence-electron chi connectivity index (χ1n) is 9.27. The summed E-state index contributed by atoms with van der Waals surface area (Å²) in [5, 5.41) is 4.88. The summed E-state index contributed by atoms with van der Waals surface area (Å²) in [4.78, 5) is 34.6. The number of carbonyl (C=O) groups is 1. The molecule has 140 valence electrons. The van der Waals surface area contributed by atoms with E-state index in [-0.39, 0.29) is 17.4 Å². The fraction of sp³-hybridized carbons (Fsp3) is 0.350. The Morgan fingerprint density at radius 1 is 1.37 bits per heavy atom. The number of H-pyrrole nitrogens is 1. The van der Waals surface area contributed by atoms with Crippen LogP contribution in [-0.4, -0.2) is 35.5 Å². The van der Waals surface area contributed by atoms with Gasteiger partial charge in [0.2, 0.25) is 11.9 Å². The molecule has 1 atom stereocenters. The smallest absolute Gasteiger partial charge is 0.270 e. The van der Waals surface area contributed by atoms with Crippen molar-refractivity contribution in [2.75, 3.05) is 24.5 Å². The van der Waals surface area contributed by atoms with E-state index in [2.05, 4.69) is 10.3 Å². The number of fused-ring (bicyclic) bond motifs is 1. The molecule has 1 aliphatic rings. The van der Waals surface area contributed by atoms with Crippen molar-refractivity contribution in [3.8, 4) is 11.1 Å². The molecule has 0 saturated carbocycles. The third-order valence-corrected chi connectivity index (χ3v) is 5.91. The normalized spacial score (nSPS) is 17.2. The highest BCUT2D eigenvalue weighted by Crippen LogP contribution is 2.32. The molecule has 0 bridgehead atoms. The van der Waals surface area contributed by atoms with E-state index in [9.17, 15) is 9.59 Å². The molecule has 27 heavy (non-hydrogen) atoms. The Morgan fingerprint density at radius 3 is 2.96 bits per heavy atom. The zero-order valence-corrected chi connectivity index (χ0v) is 16.0. The van der Waals surface area contributed by atoms with Crippen LogP contribution in [0, 0.1) is 5.92 Å². The topological polar surface area (TPSA) is 78.1 Å². The molecular formula is C20H22N4O2S. The van der Waals surface area contributed by atoms with Crippen LogP contribution in [0.25, 0.3) is 21.3 Å². The van der Waals surface area contributed by atoms with Gasteiger partial charge < -0.3 is 10.2 Å². The van der Waals surface area contributed by atoms with Gasteiger partial charge in [0.1, 0.15) is 4.70 Å². The Morgan fingerprint density at radius 2 is 2.19 bits per heavy atom. The Kier molecular flexibility index (Phi) is 4.94. The monoisotopic (exact) mass is 382 g/mol. The van der Waals surface area contributed by atoms with Crippen LogP contribution < -0.4 is 15.8 Å². The molecule has 3 heterocycles. The quantitative estimate of drug-likeness (QED) is 0.727. The lowest BCUT2D eigenvalue weighted by atomic mass is 9.97. The maximum Gasteiger partial charge on any atom is 0.270 e. The van der Waals surface area contributed by atoms with Crippen LogP contribution in [-0.2, 0) is 4.79 Å². The Bertz CT molecular complexity index is 1010. The maximum atomic E-state index is 12.6. The van der Waals surface area contributed by atoms with Crippen LogP contribution in [0.15, 0.2) is 40.5 Å². The van der Waals surface area contributed by atoms with E-state index in [0.717, 1.165) is 36.0 Å². The van der Waals surface area contributed by atoms with E-state index in [1.165, 1.54) is 11.3 Å². The van der Waals surface area contributed by atoms with Gasteiger partial charge in [0.05, 0.1) is 11.4 Å². The molecule has 4 rings (SSSR count). The summed E-state index contributed by atoms with van der Waals surface area (Å²) in [5.41, 5.74) is 2.62. The van der Waals surface area contributed by atoms with Crippen LogP contribution in [0.4, 0.5) is 5.95 Å². The molecule has 2 N–H and O–H groups in total. The van der Waals surface area contributed by atoms with Gasteiger partial charge in [0.15, 0.2) is 0 Å². The van der Waals surface area contributed by atoms with Gasteiger partial charge in [-0.05, 0) is 25.3 Å². The molecule has 1 amide bonds. The molecular weight excluding hydrogens is 360 g/mol. The molecule has 0 unspecified atom stereocenters. The molecule has 0 aliphatic carbocycles. The first kappa shape index (κ1) is 17.7. The second-order valence-corrected chi connectivity index (χ2v) is 7.64. The lowest BCUT2D eigenvalue weighted by molar-refractivity contribution is -0.125. The number of piperidine rings is 1. The first-order valence-corrected chi connectivity index (χ1v) is 10.1. The predicted molar refractivity (Wildman–Crippen MR) is 109 cm³/mol. The highest BCUT2D eigenvalue weighted by Gasteiger charge is 2.27. The number of thiophene rings is 1. The maximum absolute atomic E-state index is 12.6. The van der Waals surface area contributed by atoms with E-state index in [0.29, 0.717) is 23.7 Å². The number of anilines is 1. The number of nitrogens with one attached hydrogen (secondary N) is 2. The number of benzene rings is 1. The van der Waals surface area contributed by atoms with E-state index >= 15 is 0 Å². The molecule has 1 fully saturated rings. The third kappa shape index (κ3) is 3.47. The van der Waals surface area contributed by atoms with Crippen molar-refractivity contribution in [3.05, 3.63) is 46.1 Å². The predicted octanol–water partition coefficient (Wildman–Crippen LogP) is 3.00. The largest absolute Gasteiger partial charge is 0.356 e. The second-order valence-electron chi connectivity index (χ2n) is 6.76. The molecule has 1 saturated heterocycles. The standard InChI is InChI=1S/C20H22N4O2S/c1-2-21-18(25)14-9-6-10-24(11-14)20-22-16-15(13-7-4-3-5-8-13)12-27-17(16)19(26)23-20/h3-5,7-8,12,14H,2,6,9-11H2,1H3,(H,21,25)(H,22,23,26)/t14-/m1/s1. The third-order valence-electron chi connectivity index (χ3n) is 4.94. The van der Waals surface area contributed by atoms with Crippen LogP contribution in [0.3, 0.4) is 0 Å². The van der Waals surface area contributed by atoms with Crippen molar-refractivity contribution >= 4 is 33.4 Å². The number of carbonyl (C=O) groups excluding carboxylic acids is 1. The summed E-state index contributed by atoms with van der Waals surface area (Å²) in [6.07, 6.45) is 1.77. The zero-order valence-electron chi connectivity index (χ0n) is 15.2. The molecule has 2 aromatic heterocycles. The van der Waals surface area contributed by atoms with Gasteiger partial charge in [-0.3, -0.25) is 14.6 Å². The van der Waals surface area contributed by atoms with Gasteiger partial charge in [-0.15, -0.1) is 11.3 Å². The summed E-state index contributed by atoms with van der Waals surface area (Å²) in [7, 11) is 0. The molecule has 1 aromatic carbocycles. The Labute approximate surface area is 161 Å². The average Bonchev–Trinajstić information content (AvgIpc) is 3.13. The molecule has 6 nitrogen and oxygen atoms in total. The van der Waals surface area contributed by atoms with Crippen molar-refractivity contribution in [2.45, 2.75) is 19.8 Å². The van der Waals surface area contributed by atoms with E-state index in [1.807, 2.05) is 47.5 Å². The van der Waals surface area contributed by atoms with E-state index in [4.69, 9.17) is 4.98 Å². The van der Waals surface area contributed by atoms with Crippen LogP contribution in [0.1, 0.15) is 19.8 Å². The van der Waals surface area contributed by atoms with Crippen LogP contribution in [0.5, 0.6) is 0 Å². The number of nitrogens with zero attached hydrogens (tertiary/aromatic N) is 2. The van der Waals surface area contributed by atoms with Gasteiger partial charge in [-0.25, -0.2) is 4.98 Å². The summed E-state index contributed by atoms with van der Waals surface area (Å²) >= 11 is 1.41. The lowest BCUT2D eigenvalue weighted by Crippen LogP contribution is -2.44. The van der Waals surface area contributed by atoms with Crippen molar-refractivity contribution in [2.24, 2.45) is 5.92 Å². The van der Waals surface area contributed by atoms with Crippen LogP contribution >= 0.6 is 11.3 Å². The highest BCUT2D eigenvalue weighted by molar-refractivity contribution is 7.17. The molecule has 7 heteroatoms. The lowest BCUT2D eigenvalue weighted by Gasteiger charge is -2.32. The Hall–Kier alpha value is -2.67. The van der Waals surface area contributed by atoms with Gasteiger partial charge in [-0.1, -0.05) is 30.3 Å². The summed E-state index contributed by atoms with van der Waals surface area (Å²) < 4.78 is 0.634. The van der Waals surface area contributed by atoms with Gasteiger partial charge in [0.25, 0.3) is 5.56 Å². The van der Waals surface area contributed by atoms with Crippen molar-refractivity contribution in [1.82, 2.24) is 15.3 Å². The summed E-state index contributed by atoms with van der Waals surface area (Å²) in [5.74, 6) is 0.555. The molecule has 0 spiro atoms. The minimum absolute atomic E-state index is 0.0734. The van der Waals surface area contributed by atoms with E-state index in [1.54, 1.807) is 0 Å². The number of aromatic nitrogens is 2. The minimum Gasteiger partial charge on any atom is -0.356 e. The average molecular weight is 382 g/mol. The first-order chi connectivity index (χ1) is 13.2. The van der Waals surface area contributed by atoms with Gasteiger partial charge in [0, 0.05) is 30.6 Å². The zero-order chi connectivity index (χ0) is 18.8. The number of hydrogen-bond donors (Lipinski definition) is 2. The van der Waals surface area contributed by atoms with E-state index < -0.39 is 0 Å². The molecule has 0 radical (unpaired) electrons. The fourth-order valence-corrected chi connectivity index (χ4v) is 4.50. The van der Waals surface area contributed by atoms with Crippen molar-refractivity contribution in [1.29, 1.82) is 0 Å². The minimum atomic E-state index is -0.123. The summed E-state index contributed by atoms with van der Waals surface area (Å²) in [6, 6.07) is 9.98. The number of aromatic amines is 1. The van der Waals surface area contributed by atoms with Gasteiger partial charge in [-0.2, -0.15) is 0 Å². The summed E-state index contributed by atoms with van der Waals surface area (Å²) in [6.45, 7) is 3.92. The number of hydrogen-bond acceptors (Lipinski definition) is 5. The van der Waals surface area contributed by atoms with Crippen molar-refractivity contribution < 1.29 is 4.79 Å². The van der Waals surface area contributed by atoms with Gasteiger partial charge >= 0.3 is 0 Å². The SMILES string of the molecule is CCNC(=O)[C@@H]1CCCN(c2nc3c(-c4ccccc4)csc3c(=O)[nH]2)C1. The number of rotatable bonds is 4. The van der Waals surface area contributed by atoms with Crippen molar-refractivity contribution in [3.63, 3.8) is 0 Å². The number of amides is 1.